The van der Waals surface area contributed by atoms with Crippen molar-refractivity contribution < 1.29 is 23.9 Å². The molecule has 0 heterocycles. The first-order valence-electron chi connectivity index (χ1n) is 9.57. The minimum atomic E-state index is -0.911. The zero-order valence-corrected chi connectivity index (χ0v) is 16.5. The van der Waals surface area contributed by atoms with Crippen LogP contribution >= 0.6 is 0 Å². The molecule has 28 heavy (non-hydrogen) atoms. The van der Waals surface area contributed by atoms with Crippen molar-refractivity contribution in [1.29, 1.82) is 0 Å². The minimum Gasteiger partial charge on any atom is -0.497 e. The van der Waals surface area contributed by atoms with E-state index in [0.717, 1.165) is 19.3 Å². The fourth-order valence-electron chi connectivity index (χ4n) is 2.91. The molecule has 1 aliphatic carbocycles. The lowest BCUT2D eigenvalue weighted by molar-refractivity contribution is -0.153. The second kappa shape index (κ2) is 11.1. The van der Waals surface area contributed by atoms with Crippen molar-refractivity contribution in [3.8, 4) is 5.75 Å². The lowest BCUT2D eigenvalue weighted by Gasteiger charge is -2.16. The molecule has 0 saturated carbocycles. The number of allylic oxidation sites excluding steroid dienone is 1. The third-order valence-corrected chi connectivity index (χ3v) is 4.55. The summed E-state index contributed by atoms with van der Waals surface area (Å²) in [5.41, 5.74) is 1.77. The van der Waals surface area contributed by atoms with Crippen LogP contribution in [0.1, 0.15) is 49.4 Å². The molecule has 1 aromatic carbocycles. The van der Waals surface area contributed by atoms with Gasteiger partial charge in [-0.25, -0.2) is 0 Å². The number of methoxy groups -OCH3 is 1. The van der Waals surface area contributed by atoms with Gasteiger partial charge in [-0.05, 0) is 63.3 Å². The summed E-state index contributed by atoms with van der Waals surface area (Å²) in [6, 6.07) is 6.50. The molecule has 0 aliphatic heterocycles. The average Bonchev–Trinajstić information content (AvgIpc) is 2.72. The van der Waals surface area contributed by atoms with Gasteiger partial charge in [-0.3, -0.25) is 14.4 Å². The van der Waals surface area contributed by atoms with Gasteiger partial charge in [0, 0.05) is 12.1 Å². The monoisotopic (exact) mass is 388 g/mol. The molecule has 2 amide bonds. The normalized spacial score (nSPS) is 14.4. The van der Waals surface area contributed by atoms with Crippen LogP contribution in [0.15, 0.2) is 35.9 Å². The minimum absolute atomic E-state index is 0.310. The summed E-state index contributed by atoms with van der Waals surface area (Å²) in [7, 11) is 1.54. The van der Waals surface area contributed by atoms with Crippen LogP contribution in [0.2, 0.25) is 0 Å². The van der Waals surface area contributed by atoms with E-state index in [4.69, 9.17) is 9.47 Å². The number of rotatable bonds is 9. The van der Waals surface area contributed by atoms with Gasteiger partial charge in [0.25, 0.3) is 11.8 Å². The van der Waals surface area contributed by atoms with Gasteiger partial charge in [0.05, 0.1) is 7.11 Å². The predicted octanol–water partition coefficient (Wildman–Crippen LogP) is 2.36. The van der Waals surface area contributed by atoms with Crippen LogP contribution < -0.4 is 15.4 Å². The van der Waals surface area contributed by atoms with Crippen molar-refractivity contribution in [2.45, 2.75) is 45.1 Å². The topological polar surface area (TPSA) is 93.7 Å². The Hall–Kier alpha value is -2.83. The standard InChI is InChI=1S/C21H28N2O5/c1-15(20(25)22-13-12-16-6-4-3-5-7-16)28-19(24)14-23-21(26)17-8-10-18(27-2)11-9-17/h6,8-11,15H,3-5,7,12-14H2,1-2H3,(H,22,25)(H,23,26)/t15-/m1/s1. The van der Waals surface area contributed by atoms with Crippen LogP contribution in [0.4, 0.5) is 0 Å². The number of amides is 2. The highest BCUT2D eigenvalue weighted by atomic mass is 16.5. The molecule has 2 N–H and O–H groups in total. The fraction of sp³-hybridized carbons (Fsp3) is 0.476. The third-order valence-electron chi connectivity index (χ3n) is 4.55. The fourth-order valence-corrected chi connectivity index (χ4v) is 2.91. The Bertz CT molecular complexity index is 712. The maximum Gasteiger partial charge on any atom is 0.326 e. The Kier molecular flexibility index (Phi) is 8.52. The maximum absolute atomic E-state index is 12.0. The smallest absolute Gasteiger partial charge is 0.326 e. The van der Waals surface area contributed by atoms with Crippen molar-refractivity contribution >= 4 is 17.8 Å². The van der Waals surface area contributed by atoms with E-state index in [1.165, 1.54) is 32.4 Å². The van der Waals surface area contributed by atoms with Crippen molar-refractivity contribution in [2.75, 3.05) is 20.2 Å². The van der Waals surface area contributed by atoms with Crippen molar-refractivity contribution in [1.82, 2.24) is 10.6 Å². The van der Waals surface area contributed by atoms with Crippen molar-refractivity contribution in [3.05, 3.63) is 41.5 Å². The Morgan fingerprint density at radius 1 is 1.11 bits per heavy atom. The van der Waals surface area contributed by atoms with Crippen molar-refractivity contribution in [3.63, 3.8) is 0 Å². The second-order valence-corrected chi connectivity index (χ2v) is 6.69. The van der Waals surface area contributed by atoms with Gasteiger partial charge in [0.2, 0.25) is 0 Å². The largest absolute Gasteiger partial charge is 0.497 e. The van der Waals surface area contributed by atoms with E-state index in [-0.39, 0.29) is 12.5 Å². The molecule has 0 fully saturated rings. The quantitative estimate of drug-likeness (QED) is 0.500. The highest BCUT2D eigenvalue weighted by Gasteiger charge is 2.18. The molecule has 0 aromatic heterocycles. The molecule has 1 aromatic rings. The first-order valence-corrected chi connectivity index (χ1v) is 9.57. The molecular formula is C21H28N2O5. The van der Waals surface area contributed by atoms with E-state index in [0.29, 0.717) is 17.9 Å². The molecule has 0 spiro atoms. The van der Waals surface area contributed by atoms with Crippen molar-refractivity contribution in [2.24, 2.45) is 0 Å². The van der Waals surface area contributed by atoms with E-state index in [2.05, 4.69) is 16.7 Å². The molecule has 1 atom stereocenters. The van der Waals surface area contributed by atoms with E-state index in [1.54, 1.807) is 24.3 Å². The molecular weight excluding hydrogens is 360 g/mol. The van der Waals surface area contributed by atoms with Crippen LogP contribution in [-0.2, 0) is 14.3 Å². The SMILES string of the molecule is COc1ccc(C(=O)NCC(=O)O[C@H](C)C(=O)NCCC2=CCCCC2)cc1. The van der Waals surface area contributed by atoms with E-state index >= 15 is 0 Å². The number of carbonyl (C=O) groups is 3. The van der Waals surface area contributed by atoms with Crippen LogP contribution in [0, 0.1) is 0 Å². The number of hydrogen-bond donors (Lipinski definition) is 2. The highest BCUT2D eigenvalue weighted by Crippen LogP contribution is 2.19. The number of nitrogens with one attached hydrogen (secondary N) is 2. The van der Waals surface area contributed by atoms with E-state index < -0.39 is 18.0 Å². The summed E-state index contributed by atoms with van der Waals surface area (Å²) in [5, 5.41) is 5.25. The average molecular weight is 388 g/mol. The summed E-state index contributed by atoms with van der Waals surface area (Å²) >= 11 is 0. The van der Waals surface area contributed by atoms with Gasteiger partial charge in [-0.2, -0.15) is 0 Å². The predicted molar refractivity (Wildman–Crippen MR) is 105 cm³/mol. The Balaban J connectivity index is 1.66. The molecule has 7 nitrogen and oxygen atoms in total. The van der Waals surface area contributed by atoms with Crippen LogP contribution in [0.3, 0.4) is 0 Å². The van der Waals surface area contributed by atoms with Crippen LogP contribution in [-0.4, -0.2) is 44.1 Å². The molecule has 7 heteroatoms. The summed E-state index contributed by atoms with van der Waals surface area (Å²) < 4.78 is 10.1. The maximum atomic E-state index is 12.0. The van der Waals surface area contributed by atoms with Gasteiger partial charge in [-0.1, -0.05) is 11.6 Å². The first-order chi connectivity index (χ1) is 13.5. The summed E-state index contributed by atoms with van der Waals surface area (Å²) in [5.74, 6) is -0.779. The highest BCUT2D eigenvalue weighted by molar-refractivity contribution is 5.96. The Morgan fingerprint density at radius 3 is 2.50 bits per heavy atom. The molecule has 0 unspecified atom stereocenters. The van der Waals surface area contributed by atoms with Crippen LogP contribution in [0.5, 0.6) is 5.75 Å². The molecule has 2 rings (SSSR count). The Labute approximate surface area is 165 Å². The third kappa shape index (κ3) is 7.06. The first kappa shape index (κ1) is 21.5. The summed E-state index contributed by atoms with van der Waals surface area (Å²) in [4.78, 5) is 35.9. The summed E-state index contributed by atoms with van der Waals surface area (Å²) in [6.07, 6.45) is 6.79. The second-order valence-electron chi connectivity index (χ2n) is 6.69. The molecule has 0 bridgehead atoms. The van der Waals surface area contributed by atoms with E-state index in [9.17, 15) is 14.4 Å². The molecule has 0 saturated heterocycles. The molecule has 0 radical (unpaired) electrons. The van der Waals surface area contributed by atoms with Gasteiger partial charge in [0.1, 0.15) is 12.3 Å². The number of ether oxygens (including phenoxy) is 2. The van der Waals surface area contributed by atoms with Gasteiger partial charge in [0.15, 0.2) is 6.10 Å². The van der Waals surface area contributed by atoms with Gasteiger partial charge < -0.3 is 20.1 Å². The lowest BCUT2D eigenvalue weighted by atomic mass is 9.97. The zero-order valence-electron chi connectivity index (χ0n) is 16.5. The summed E-state index contributed by atoms with van der Waals surface area (Å²) in [6.45, 7) is 1.73. The zero-order chi connectivity index (χ0) is 20.4. The molecule has 152 valence electrons. The molecule has 1 aliphatic rings. The van der Waals surface area contributed by atoms with Crippen LogP contribution in [0.25, 0.3) is 0 Å². The van der Waals surface area contributed by atoms with E-state index in [1.807, 2.05) is 0 Å². The lowest BCUT2D eigenvalue weighted by Crippen LogP contribution is -2.39. The number of hydrogen-bond acceptors (Lipinski definition) is 5. The van der Waals surface area contributed by atoms with Gasteiger partial charge >= 0.3 is 5.97 Å². The Morgan fingerprint density at radius 2 is 1.86 bits per heavy atom. The number of esters is 1. The van der Waals surface area contributed by atoms with Gasteiger partial charge in [-0.15, -0.1) is 0 Å². The number of carbonyl (C=O) groups excluding carboxylic acids is 3. The number of benzene rings is 1.